The lowest BCUT2D eigenvalue weighted by Gasteiger charge is -2.43. The normalized spacial score (nSPS) is 12.0. The highest BCUT2D eigenvalue weighted by atomic mass is 28.4. The van der Waals surface area contributed by atoms with Gasteiger partial charge in [0.15, 0.2) is 0 Å². The molecule has 12 nitrogen and oxygen atoms in total. The molecule has 0 aliphatic rings. The maximum absolute atomic E-state index is 13.6. The van der Waals surface area contributed by atoms with Crippen LogP contribution in [0.15, 0.2) is 60.7 Å². The van der Waals surface area contributed by atoms with Crippen molar-refractivity contribution in [3.8, 4) is 5.75 Å². The summed E-state index contributed by atoms with van der Waals surface area (Å²) in [5, 5.41) is 2.40. The van der Waals surface area contributed by atoms with Crippen molar-refractivity contribution in [2.24, 2.45) is 0 Å². The van der Waals surface area contributed by atoms with Crippen molar-refractivity contribution >= 4 is 24.7 Å². The topological polar surface area (TPSA) is 119 Å². The number of benzene rings is 3. The van der Waals surface area contributed by atoms with Crippen molar-refractivity contribution in [1.82, 2.24) is 0 Å². The highest BCUT2D eigenvalue weighted by molar-refractivity contribution is 6.99. The van der Waals surface area contributed by atoms with Crippen LogP contribution >= 0.6 is 0 Å². The largest absolute Gasteiger partial charge is 0.420 e. The lowest BCUT2D eigenvalue weighted by Crippen LogP contribution is -2.66. The van der Waals surface area contributed by atoms with Gasteiger partial charge < -0.3 is 51.8 Å². The molecule has 0 amide bonds. The fourth-order valence-electron chi connectivity index (χ4n) is 5.87. The lowest BCUT2D eigenvalue weighted by atomic mass is 10.2. The van der Waals surface area contributed by atoms with Crippen LogP contribution in [0.4, 0.5) is 22.0 Å². The van der Waals surface area contributed by atoms with E-state index in [2.05, 4.69) is 74.0 Å². The van der Waals surface area contributed by atoms with Gasteiger partial charge in [-0.3, -0.25) is 4.79 Å². The zero-order valence-corrected chi connectivity index (χ0v) is 36.2. The van der Waals surface area contributed by atoms with Crippen molar-refractivity contribution in [3.05, 3.63) is 89.7 Å². The molecule has 0 atom stereocenters. The summed E-state index contributed by atoms with van der Waals surface area (Å²) >= 11 is 0. The van der Waals surface area contributed by atoms with Gasteiger partial charge in [-0.1, -0.05) is 81.4 Å². The Morgan fingerprint density at radius 3 is 1.02 bits per heavy atom. The molecule has 61 heavy (non-hydrogen) atoms. The molecule has 0 aromatic heterocycles. The van der Waals surface area contributed by atoms with Crippen molar-refractivity contribution in [2.45, 2.75) is 32.2 Å². The van der Waals surface area contributed by atoms with Gasteiger partial charge in [0.25, 0.3) is 8.32 Å². The van der Waals surface area contributed by atoms with E-state index in [-0.39, 0.29) is 31.5 Å². The molecule has 3 aromatic carbocycles. The summed E-state index contributed by atoms with van der Waals surface area (Å²) in [6, 6.07) is 21.1. The van der Waals surface area contributed by atoms with Gasteiger partial charge in [-0.2, -0.15) is 8.78 Å². The van der Waals surface area contributed by atoms with E-state index in [1.807, 2.05) is 12.1 Å². The van der Waals surface area contributed by atoms with Gasteiger partial charge in [-0.15, -0.1) is 0 Å². The molecule has 0 bridgehead atoms. The Bertz CT molecular complexity index is 1570. The Morgan fingerprint density at radius 1 is 0.426 bits per heavy atom. The van der Waals surface area contributed by atoms with Crippen LogP contribution in [0.25, 0.3) is 0 Å². The van der Waals surface area contributed by atoms with Crippen LogP contribution in [0.3, 0.4) is 0 Å². The van der Waals surface area contributed by atoms with Crippen molar-refractivity contribution in [1.29, 1.82) is 0 Å². The van der Waals surface area contributed by atoms with Crippen LogP contribution in [-0.4, -0.2) is 140 Å². The molecule has 0 aliphatic heterocycles. The number of esters is 1. The molecular weight excluding hydrogens is 832 g/mol. The van der Waals surface area contributed by atoms with Gasteiger partial charge in [0.1, 0.15) is 0 Å². The molecule has 0 aliphatic carbocycles. The van der Waals surface area contributed by atoms with Crippen LogP contribution in [-0.2, 0) is 51.9 Å². The van der Waals surface area contributed by atoms with Gasteiger partial charge in [-0.25, -0.2) is 13.2 Å². The fourth-order valence-corrected chi connectivity index (χ4v) is 10.4. The second kappa shape index (κ2) is 29.8. The number of carbonyl (C=O) groups is 1. The Morgan fingerprint density at radius 2 is 0.705 bits per heavy atom. The number of rotatable bonds is 34. The minimum absolute atomic E-state index is 0.0782. The maximum Gasteiger partial charge on any atom is 0.313 e. The zero-order valence-electron chi connectivity index (χ0n) is 35.2. The van der Waals surface area contributed by atoms with Crippen LogP contribution in [0.5, 0.6) is 5.75 Å². The molecule has 342 valence electrons. The molecule has 0 saturated heterocycles. The average Bonchev–Trinajstić information content (AvgIpc) is 3.26. The summed E-state index contributed by atoms with van der Waals surface area (Å²) in [4.78, 5) is 11.7. The zero-order chi connectivity index (χ0) is 44.2. The first-order valence-corrected chi connectivity index (χ1v) is 22.1. The summed E-state index contributed by atoms with van der Waals surface area (Å²) < 4.78 is 127. The molecule has 0 N–H and O–H groups in total. The van der Waals surface area contributed by atoms with Gasteiger partial charge in [0.05, 0.1) is 132 Å². The third kappa shape index (κ3) is 18.5. The highest BCUT2D eigenvalue weighted by Gasteiger charge is 2.50. The predicted molar refractivity (Wildman–Crippen MR) is 217 cm³/mol. The van der Waals surface area contributed by atoms with Gasteiger partial charge >= 0.3 is 5.97 Å². The second-order valence-electron chi connectivity index (χ2n) is 14.1. The van der Waals surface area contributed by atoms with Crippen LogP contribution in [0.1, 0.15) is 27.2 Å². The van der Waals surface area contributed by atoms with E-state index >= 15 is 0 Å². The first-order chi connectivity index (χ1) is 29.5. The molecule has 0 fully saturated rings. The molecule has 3 aromatic rings. The molecular formula is C43H59F5O12Si. The molecule has 3 rings (SSSR count). The van der Waals surface area contributed by atoms with Crippen LogP contribution < -0.4 is 15.1 Å². The first-order valence-electron chi connectivity index (χ1n) is 20.2. The van der Waals surface area contributed by atoms with E-state index in [9.17, 15) is 26.7 Å². The minimum Gasteiger partial charge on any atom is -0.420 e. The predicted octanol–water partition coefficient (Wildman–Crippen LogP) is 5.40. The Hall–Kier alpha value is -3.40. The summed E-state index contributed by atoms with van der Waals surface area (Å²) in [5.74, 6) is -14.1. The van der Waals surface area contributed by atoms with Gasteiger partial charge in [0, 0.05) is 0 Å². The number of ether oxygens (including phenoxy) is 10. The van der Waals surface area contributed by atoms with Crippen LogP contribution in [0.2, 0.25) is 5.04 Å². The van der Waals surface area contributed by atoms with E-state index in [1.165, 1.54) is 10.4 Å². The highest BCUT2D eigenvalue weighted by Crippen LogP contribution is 2.36. The van der Waals surface area contributed by atoms with E-state index in [4.69, 9.17) is 47.1 Å². The van der Waals surface area contributed by atoms with E-state index < -0.39 is 55.5 Å². The molecule has 0 spiro atoms. The molecule has 18 heteroatoms. The monoisotopic (exact) mass is 890 g/mol. The summed E-state index contributed by atoms with van der Waals surface area (Å²) in [7, 11) is -2.57. The first kappa shape index (κ1) is 51.9. The molecule has 0 heterocycles. The quantitative estimate of drug-likeness (QED) is 0.0145. The van der Waals surface area contributed by atoms with Crippen molar-refractivity contribution < 1.29 is 78.5 Å². The number of hydrogen-bond acceptors (Lipinski definition) is 12. The number of hydrogen-bond donors (Lipinski definition) is 0. The Kier molecular flexibility index (Phi) is 25.4. The Balaban J connectivity index is 1.03. The van der Waals surface area contributed by atoms with E-state index in [1.54, 1.807) is 0 Å². The third-order valence-electron chi connectivity index (χ3n) is 8.78. The fraction of sp³-hybridized carbons (Fsp3) is 0.558. The standard InChI is InChI=1S/C43H59F5O12Si/c1-43(2,3)61(34-10-6-4-7-11-34,35-12-8-5-9-13-35)59-33-32-58-31-30-57-29-28-56-27-26-55-25-24-54-23-22-53-21-20-52-19-18-51-17-16-50-15-14-36(49)60-42-40(47)38(45)37(44)39(46)41(42)48/h4-13H,14-33H2,1-3H3. The van der Waals surface area contributed by atoms with Crippen molar-refractivity contribution in [2.75, 3.05) is 126 Å². The number of halogens is 5. The summed E-state index contributed by atoms with van der Waals surface area (Å²) in [5.41, 5.74) is 0. The van der Waals surface area contributed by atoms with E-state index in [0.29, 0.717) is 99.1 Å². The third-order valence-corrected chi connectivity index (χ3v) is 13.8. The average molecular weight is 891 g/mol. The van der Waals surface area contributed by atoms with Gasteiger partial charge in [-0.05, 0) is 15.4 Å². The van der Waals surface area contributed by atoms with Crippen molar-refractivity contribution in [3.63, 3.8) is 0 Å². The van der Waals surface area contributed by atoms with Gasteiger partial charge in [0.2, 0.25) is 34.8 Å². The SMILES string of the molecule is CC(C)(C)[Si](OCCOCCOCCOCCOCCOCCOCCOCCOCCOCCC(=O)Oc1c(F)c(F)c(F)c(F)c1F)(c1ccccc1)c1ccccc1. The minimum atomic E-state index is -2.57. The summed E-state index contributed by atoms with van der Waals surface area (Å²) in [6.45, 7) is 13.5. The Labute approximate surface area is 355 Å². The summed E-state index contributed by atoms with van der Waals surface area (Å²) in [6.07, 6.45) is -0.489. The lowest BCUT2D eigenvalue weighted by molar-refractivity contribution is -0.136. The maximum atomic E-state index is 13.6. The molecule has 0 unspecified atom stereocenters. The molecule has 0 saturated carbocycles. The second-order valence-corrected chi connectivity index (χ2v) is 18.5. The number of carbonyl (C=O) groups excluding carboxylic acids is 1. The molecule has 0 radical (unpaired) electrons. The van der Waals surface area contributed by atoms with E-state index in [0.717, 1.165) is 0 Å². The smallest absolute Gasteiger partial charge is 0.313 e. The van der Waals surface area contributed by atoms with Crippen LogP contribution in [0, 0.1) is 29.1 Å².